The van der Waals surface area contributed by atoms with Gasteiger partial charge >= 0.3 is 0 Å². The predicted molar refractivity (Wildman–Crippen MR) is 61.8 cm³/mol. The molecule has 0 bridgehead atoms. The lowest BCUT2D eigenvalue weighted by atomic mass is 9.98. The van der Waals surface area contributed by atoms with Crippen molar-refractivity contribution in [1.82, 2.24) is 4.90 Å². The van der Waals surface area contributed by atoms with Gasteiger partial charge in [0.1, 0.15) is 0 Å². The SMILES string of the molecule is C[C@@H]1CN(CC2=CCCOC2)C[C@H]1C(N)=O. The molecule has 0 spiro atoms. The molecule has 0 radical (unpaired) electrons. The number of nitrogens with two attached hydrogens (primary N) is 1. The summed E-state index contributed by atoms with van der Waals surface area (Å²) in [6, 6.07) is 0. The lowest BCUT2D eigenvalue weighted by Gasteiger charge is -2.20. The molecule has 2 heterocycles. The molecule has 2 aliphatic heterocycles. The zero-order valence-corrected chi connectivity index (χ0v) is 9.82. The van der Waals surface area contributed by atoms with Crippen molar-refractivity contribution in [1.29, 1.82) is 0 Å². The topological polar surface area (TPSA) is 55.6 Å². The van der Waals surface area contributed by atoms with Gasteiger partial charge in [-0.25, -0.2) is 0 Å². The van der Waals surface area contributed by atoms with Crippen LogP contribution in [0, 0.1) is 11.8 Å². The molecule has 0 unspecified atom stereocenters. The van der Waals surface area contributed by atoms with Gasteiger partial charge in [0, 0.05) is 19.6 Å². The van der Waals surface area contributed by atoms with E-state index in [2.05, 4.69) is 17.9 Å². The van der Waals surface area contributed by atoms with Gasteiger partial charge in [-0.15, -0.1) is 0 Å². The molecule has 2 rings (SSSR count). The zero-order valence-electron chi connectivity index (χ0n) is 9.82. The highest BCUT2D eigenvalue weighted by Crippen LogP contribution is 2.23. The first kappa shape index (κ1) is 11.6. The van der Waals surface area contributed by atoms with E-state index in [1.54, 1.807) is 0 Å². The van der Waals surface area contributed by atoms with Crippen LogP contribution >= 0.6 is 0 Å². The van der Waals surface area contributed by atoms with Crippen molar-refractivity contribution in [3.05, 3.63) is 11.6 Å². The van der Waals surface area contributed by atoms with E-state index in [4.69, 9.17) is 10.5 Å². The van der Waals surface area contributed by atoms with Crippen LogP contribution in [0.4, 0.5) is 0 Å². The molecule has 1 saturated heterocycles. The summed E-state index contributed by atoms with van der Waals surface area (Å²) >= 11 is 0. The molecule has 4 nitrogen and oxygen atoms in total. The van der Waals surface area contributed by atoms with Crippen LogP contribution in [-0.4, -0.2) is 43.7 Å². The molecule has 2 aliphatic rings. The highest BCUT2D eigenvalue weighted by molar-refractivity contribution is 5.77. The van der Waals surface area contributed by atoms with E-state index in [1.807, 2.05) is 0 Å². The van der Waals surface area contributed by atoms with E-state index in [9.17, 15) is 4.79 Å². The molecular weight excluding hydrogens is 204 g/mol. The average Bonchev–Trinajstić information content (AvgIpc) is 2.61. The van der Waals surface area contributed by atoms with Crippen molar-refractivity contribution in [2.75, 3.05) is 32.8 Å². The minimum Gasteiger partial charge on any atom is -0.377 e. The molecule has 0 saturated carbocycles. The first-order valence-electron chi connectivity index (χ1n) is 5.94. The average molecular weight is 224 g/mol. The van der Waals surface area contributed by atoms with Crippen LogP contribution in [-0.2, 0) is 9.53 Å². The Morgan fingerprint density at radius 2 is 2.44 bits per heavy atom. The van der Waals surface area contributed by atoms with Gasteiger partial charge in [0.05, 0.1) is 19.1 Å². The predicted octanol–water partition coefficient (Wildman–Crippen LogP) is 0.386. The Balaban J connectivity index is 1.88. The Labute approximate surface area is 96.4 Å². The van der Waals surface area contributed by atoms with E-state index < -0.39 is 0 Å². The van der Waals surface area contributed by atoms with E-state index >= 15 is 0 Å². The summed E-state index contributed by atoms with van der Waals surface area (Å²) in [4.78, 5) is 13.5. The van der Waals surface area contributed by atoms with Gasteiger partial charge in [0.2, 0.25) is 5.91 Å². The summed E-state index contributed by atoms with van der Waals surface area (Å²) in [7, 11) is 0. The van der Waals surface area contributed by atoms with Crippen LogP contribution in [0.1, 0.15) is 13.3 Å². The van der Waals surface area contributed by atoms with Crippen molar-refractivity contribution in [3.8, 4) is 0 Å². The second-order valence-corrected chi connectivity index (χ2v) is 4.88. The van der Waals surface area contributed by atoms with Gasteiger partial charge in [-0.05, 0) is 17.9 Å². The summed E-state index contributed by atoms with van der Waals surface area (Å²) in [6.07, 6.45) is 3.27. The third-order valence-corrected chi connectivity index (χ3v) is 3.46. The van der Waals surface area contributed by atoms with E-state index in [1.165, 1.54) is 5.57 Å². The second-order valence-electron chi connectivity index (χ2n) is 4.88. The first-order chi connectivity index (χ1) is 7.66. The lowest BCUT2D eigenvalue weighted by Crippen LogP contribution is -2.30. The fourth-order valence-electron chi connectivity index (χ4n) is 2.57. The maximum Gasteiger partial charge on any atom is 0.222 e. The number of nitrogens with zero attached hydrogens (tertiary/aromatic N) is 1. The molecule has 1 amide bonds. The van der Waals surface area contributed by atoms with E-state index in [0.717, 1.165) is 39.3 Å². The first-order valence-corrected chi connectivity index (χ1v) is 5.94. The van der Waals surface area contributed by atoms with Gasteiger partial charge in [0.15, 0.2) is 0 Å². The fraction of sp³-hybridized carbons (Fsp3) is 0.750. The number of carbonyl (C=O) groups excluding carboxylic acids is 1. The molecule has 2 N–H and O–H groups in total. The summed E-state index contributed by atoms with van der Waals surface area (Å²) in [5.41, 5.74) is 6.72. The van der Waals surface area contributed by atoms with Crippen LogP contribution in [0.3, 0.4) is 0 Å². The third kappa shape index (κ3) is 2.62. The minimum absolute atomic E-state index is 0.0186. The Morgan fingerprint density at radius 1 is 1.62 bits per heavy atom. The maximum atomic E-state index is 11.2. The molecule has 90 valence electrons. The summed E-state index contributed by atoms with van der Waals surface area (Å²) in [5, 5.41) is 0. The fourth-order valence-corrected chi connectivity index (χ4v) is 2.57. The number of hydrogen-bond acceptors (Lipinski definition) is 3. The van der Waals surface area contributed by atoms with E-state index in [0.29, 0.717) is 5.92 Å². The lowest BCUT2D eigenvalue weighted by molar-refractivity contribution is -0.122. The summed E-state index contributed by atoms with van der Waals surface area (Å²) in [6.45, 7) is 6.37. The minimum atomic E-state index is -0.163. The Morgan fingerprint density at radius 3 is 3.00 bits per heavy atom. The molecule has 0 aromatic carbocycles. The van der Waals surface area contributed by atoms with Crippen LogP contribution in [0.2, 0.25) is 0 Å². The molecule has 0 aliphatic carbocycles. The van der Waals surface area contributed by atoms with Gasteiger partial charge in [0.25, 0.3) is 0 Å². The largest absolute Gasteiger partial charge is 0.377 e. The Hall–Kier alpha value is -0.870. The van der Waals surface area contributed by atoms with Gasteiger partial charge in [-0.3, -0.25) is 9.69 Å². The van der Waals surface area contributed by atoms with Gasteiger partial charge in [-0.2, -0.15) is 0 Å². The molecule has 2 atom stereocenters. The maximum absolute atomic E-state index is 11.2. The molecule has 16 heavy (non-hydrogen) atoms. The van der Waals surface area contributed by atoms with Crippen LogP contribution in [0.15, 0.2) is 11.6 Å². The van der Waals surface area contributed by atoms with Crippen LogP contribution < -0.4 is 5.73 Å². The zero-order chi connectivity index (χ0) is 11.5. The Bertz CT molecular complexity index is 301. The van der Waals surface area contributed by atoms with Crippen LogP contribution in [0.5, 0.6) is 0 Å². The quantitative estimate of drug-likeness (QED) is 0.705. The number of likely N-dealkylation sites (tertiary alicyclic amines) is 1. The number of ether oxygens (including phenoxy) is 1. The molecule has 1 fully saturated rings. The summed E-state index contributed by atoms with van der Waals surface area (Å²) < 4.78 is 5.41. The Kier molecular flexibility index (Phi) is 3.61. The number of hydrogen-bond donors (Lipinski definition) is 1. The summed E-state index contributed by atoms with van der Waals surface area (Å²) in [5.74, 6) is 0.233. The number of carbonyl (C=O) groups is 1. The highest BCUT2D eigenvalue weighted by atomic mass is 16.5. The number of amides is 1. The molecule has 0 aromatic rings. The highest BCUT2D eigenvalue weighted by Gasteiger charge is 2.33. The molecular formula is C12H20N2O2. The van der Waals surface area contributed by atoms with Gasteiger partial charge < -0.3 is 10.5 Å². The second kappa shape index (κ2) is 4.97. The van der Waals surface area contributed by atoms with Crippen LogP contribution in [0.25, 0.3) is 0 Å². The third-order valence-electron chi connectivity index (χ3n) is 3.46. The normalized spacial score (nSPS) is 31.4. The van der Waals surface area contributed by atoms with Crippen molar-refractivity contribution in [2.24, 2.45) is 17.6 Å². The monoisotopic (exact) mass is 224 g/mol. The van der Waals surface area contributed by atoms with Crippen molar-refractivity contribution >= 4 is 5.91 Å². The van der Waals surface area contributed by atoms with Crippen molar-refractivity contribution in [3.63, 3.8) is 0 Å². The number of rotatable bonds is 3. The standard InChI is InChI=1S/C12H20N2O2/c1-9-5-14(7-11(9)12(13)15)6-10-3-2-4-16-8-10/h3,9,11H,2,4-8H2,1H3,(H2,13,15)/t9-,11-/m1/s1. The van der Waals surface area contributed by atoms with Crippen molar-refractivity contribution < 1.29 is 9.53 Å². The number of primary amides is 1. The van der Waals surface area contributed by atoms with E-state index in [-0.39, 0.29) is 11.8 Å². The van der Waals surface area contributed by atoms with Gasteiger partial charge in [-0.1, -0.05) is 13.0 Å². The molecule has 0 aromatic heterocycles. The van der Waals surface area contributed by atoms with Crippen molar-refractivity contribution in [2.45, 2.75) is 13.3 Å². The molecule has 4 heteroatoms. The smallest absolute Gasteiger partial charge is 0.222 e.